The molecular weight excluding hydrogens is 216 g/mol. The minimum Gasteiger partial charge on any atom is -0.545 e. The first kappa shape index (κ1) is 11.7. The van der Waals surface area contributed by atoms with Crippen LogP contribution in [0.4, 0.5) is 0 Å². The second-order valence-electron chi connectivity index (χ2n) is 2.15. The van der Waals surface area contributed by atoms with E-state index in [0.717, 1.165) is 24.3 Å². The Kier molecular flexibility index (Phi) is 4.17. The van der Waals surface area contributed by atoms with Crippen LogP contribution in [0.5, 0.6) is 0 Å². The molecule has 0 N–H and O–H groups in total. The van der Waals surface area contributed by atoms with Gasteiger partial charge in [0.1, 0.15) is 0 Å². The zero-order valence-corrected chi connectivity index (χ0v) is 7.40. The van der Waals surface area contributed by atoms with Crippen molar-refractivity contribution in [3.63, 3.8) is 0 Å². The van der Waals surface area contributed by atoms with Gasteiger partial charge in [-0.1, -0.05) is 24.3 Å². The Morgan fingerprint density at radius 3 is 1.23 bits per heavy atom. The molecule has 0 aliphatic rings. The monoisotopic (exact) mass is 220 g/mol. The SMILES string of the molecule is O=C([O-])c1ccc(C(=O)[O-])cc1.[Fe+2]. The molecular formula is C8H4FeO4. The molecule has 0 fully saturated rings. The minimum atomic E-state index is -1.33. The first-order valence-electron chi connectivity index (χ1n) is 3.14. The van der Waals surface area contributed by atoms with Gasteiger partial charge in [0.25, 0.3) is 0 Å². The summed E-state index contributed by atoms with van der Waals surface area (Å²) < 4.78 is 0. The van der Waals surface area contributed by atoms with Crippen molar-refractivity contribution in [3.05, 3.63) is 35.4 Å². The van der Waals surface area contributed by atoms with Crippen LogP contribution in [0.15, 0.2) is 24.3 Å². The van der Waals surface area contributed by atoms with Crippen LogP contribution in [0.2, 0.25) is 0 Å². The fourth-order valence-corrected chi connectivity index (χ4v) is 0.742. The maximum absolute atomic E-state index is 10.2. The summed E-state index contributed by atoms with van der Waals surface area (Å²) in [5.41, 5.74) is -0.111. The van der Waals surface area contributed by atoms with E-state index in [1.807, 2.05) is 0 Å². The van der Waals surface area contributed by atoms with E-state index >= 15 is 0 Å². The molecule has 0 heterocycles. The van der Waals surface area contributed by atoms with E-state index in [9.17, 15) is 19.8 Å². The van der Waals surface area contributed by atoms with Gasteiger partial charge in [-0.15, -0.1) is 0 Å². The molecule has 5 heteroatoms. The Morgan fingerprint density at radius 2 is 1.08 bits per heavy atom. The van der Waals surface area contributed by atoms with Crippen molar-refractivity contribution in [1.29, 1.82) is 0 Å². The Morgan fingerprint density at radius 1 is 0.846 bits per heavy atom. The van der Waals surface area contributed by atoms with Crippen molar-refractivity contribution in [2.75, 3.05) is 0 Å². The molecule has 0 radical (unpaired) electrons. The van der Waals surface area contributed by atoms with Gasteiger partial charge in [0, 0.05) is 0 Å². The summed E-state index contributed by atoms with van der Waals surface area (Å²) in [4.78, 5) is 20.4. The number of hydrogen-bond acceptors (Lipinski definition) is 4. The summed E-state index contributed by atoms with van der Waals surface area (Å²) in [6.07, 6.45) is 0. The van der Waals surface area contributed by atoms with Gasteiger partial charge < -0.3 is 19.8 Å². The molecule has 0 atom stereocenters. The van der Waals surface area contributed by atoms with E-state index < -0.39 is 11.9 Å². The molecule has 0 saturated carbocycles. The molecule has 0 aliphatic heterocycles. The molecule has 0 unspecified atom stereocenters. The Hall–Kier alpha value is -1.32. The van der Waals surface area contributed by atoms with Crippen molar-refractivity contribution in [3.8, 4) is 0 Å². The van der Waals surface area contributed by atoms with Gasteiger partial charge in [-0.3, -0.25) is 0 Å². The molecule has 1 rings (SSSR count). The van der Waals surface area contributed by atoms with Gasteiger partial charge in [0.2, 0.25) is 0 Å². The zero-order chi connectivity index (χ0) is 9.14. The minimum absolute atomic E-state index is 0. The van der Waals surface area contributed by atoms with Crippen LogP contribution in [-0.4, -0.2) is 11.9 Å². The van der Waals surface area contributed by atoms with Crippen LogP contribution >= 0.6 is 0 Å². The third-order valence-electron chi connectivity index (χ3n) is 1.36. The second-order valence-corrected chi connectivity index (χ2v) is 2.15. The van der Waals surface area contributed by atoms with Crippen molar-refractivity contribution >= 4 is 11.9 Å². The first-order valence-corrected chi connectivity index (χ1v) is 3.14. The third kappa shape index (κ3) is 2.89. The average molecular weight is 220 g/mol. The van der Waals surface area contributed by atoms with E-state index in [1.54, 1.807) is 0 Å². The largest absolute Gasteiger partial charge is 2.00 e. The number of rotatable bonds is 2. The van der Waals surface area contributed by atoms with Gasteiger partial charge >= 0.3 is 17.1 Å². The summed E-state index contributed by atoms with van der Waals surface area (Å²) in [7, 11) is 0. The van der Waals surface area contributed by atoms with Crippen LogP contribution in [-0.2, 0) is 17.1 Å². The van der Waals surface area contributed by atoms with Gasteiger partial charge in [-0.25, -0.2) is 0 Å². The summed E-state index contributed by atoms with van der Waals surface area (Å²) in [5, 5.41) is 20.4. The standard InChI is InChI=1S/C8H6O4.Fe/c9-7(10)5-1-2-6(4-3-5)8(11)12;/h1-4H,(H,9,10)(H,11,12);/q;+2/p-2. The number of benzene rings is 1. The van der Waals surface area contributed by atoms with E-state index in [-0.39, 0.29) is 28.2 Å². The van der Waals surface area contributed by atoms with E-state index in [4.69, 9.17) is 0 Å². The molecule has 0 aliphatic carbocycles. The van der Waals surface area contributed by atoms with E-state index in [0.29, 0.717) is 0 Å². The number of carbonyl (C=O) groups excluding carboxylic acids is 2. The summed E-state index contributed by atoms with van der Waals surface area (Å²) in [6.45, 7) is 0. The van der Waals surface area contributed by atoms with Gasteiger partial charge in [-0.05, 0) is 11.1 Å². The van der Waals surface area contributed by atoms with Crippen LogP contribution in [0, 0.1) is 0 Å². The van der Waals surface area contributed by atoms with Crippen LogP contribution in [0.3, 0.4) is 0 Å². The van der Waals surface area contributed by atoms with Crippen molar-refractivity contribution in [2.45, 2.75) is 0 Å². The maximum atomic E-state index is 10.2. The molecule has 0 bridgehead atoms. The Labute approximate surface area is 84.7 Å². The zero-order valence-electron chi connectivity index (χ0n) is 6.30. The normalized spacial score (nSPS) is 8.62. The average Bonchev–Trinajstić information content (AvgIpc) is 2.04. The van der Waals surface area contributed by atoms with Gasteiger partial charge in [0.05, 0.1) is 11.9 Å². The molecule has 68 valence electrons. The predicted molar refractivity (Wildman–Crippen MR) is 35.1 cm³/mol. The van der Waals surface area contributed by atoms with Crippen molar-refractivity contribution in [1.82, 2.24) is 0 Å². The summed E-state index contributed by atoms with van der Waals surface area (Å²) in [6, 6.07) is 4.61. The quantitative estimate of drug-likeness (QED) is 0.562. The van der Waals surface area contributed by atoms with Crippen LogP contribution < -0.4 is 10.2 Å². The molecule has 13 heavy (non-hydrogen) atoms. The van der Waals surface area contributed by atoms with Gasteiger partial charge in [0.15, 0.2) is 0 Å². The second kappa shape index (κ2) is 4.64. The smallest absolute Gasteiger partial charge is 0.545 e. The summed E-state index contributed by atoms with van der Waals surface area (Å²) in [5.74, 6) is -2.67. The first-order chi connectivity index (χ1) is 5.61. The van der Waals surface area contributed by atoms with Crippen molar-refractivity contribution < 1.29 is 36.9 Å². The summed E-state index contributed by atoms with van der Waals surface area (Å²) >= 11 is 0. The van der Waals surface area contributed by atoms with E-state index in [2.05, 4.69) is 0 Å². The maximum Gasteiger partial charge on any atom is 2.00 e. The fourth-order valence-electron chi connectivity index (χ4n) is 0.742. The van der Waals surface area contributed by atoms with E-state index in [1.165, 1.54) is 0 Å². The number of carboxylic acid groups (broad SMARTS) is 2. The molecule has 0 spiro atoms. The molecule has 0 saturated heterocycles. The number of carboxylic acids is 2. The number of hydrogen-bond donors (Lipinski definition) is 0. The molecule has 4 nitrogen and oxygen atoms in total. The molecule has 0 amide bonds. The molecule has 1 aromatic carbocycles. The predicted octanol–water partition coefficient (Wildman–Crippen LogP) is -1.59. The van der Waals surface area contributed by atoms with Crippen LogP contribution in [0.25, 0.3) is 0 Å². The van der Waals surface area contributed by atoms with Crippen molar-refractivity contribution in [2.24, 2.45) is 0 Å². The molecule has 1 aromatic rings. The fraction of sp³-hybridized carbons (Fsp3) is 0. The van der Waals surface area contributed by atoms with Gasteiger partial charge in [-0.2, -0.15) is 0 Å². The third-order valence-corrected chi connectivity index (χ3v) is 1.36. The van der Waals surface area contributed by atoms with Crippen LogP contribution in [0.1, 0.15) is 20.7 Å². The Balaban J connectivity index is 0.00000144. The number of aromatic carboxylic acids is 2. The molecule has 0 aromatic heterocycles. The topological polar surface area (TPSA) is 80.3 Å². The number of carbonyl (C=O) groups is 2. The Bertz CT molecular complexity index is 284.